The van der Waals surface area contributed by atoms with E-state index in [-0.39, 0.29) is 4.90 Å². The summed E-state index contributed by atoms with van der Waals surface area (Å²) >= 11 is 0. The molecule has 0 fully saturated rings. The summed E-state index contributed by atoms with van der Waals surface area (Å²) < 4.78 is 60.4. The molecule has 0 saturated carbocycles. The van der Waals surface area contributed by atoms with Crippen molar-refractivity contribution in [3.63, 3.8) is 0 Å². The number of nitrogens with zero attached hydrogens (tertiary/aromatic N) is 1. The highest BCUT2D eigenvalue weighted by atomic mass is 32.2. The fraction of sp³-hybridized carbons (Fsp3) is 0.348. The summed E-state index contributed by atoms with van der Waals surface area (Å²) in [5, 5.41) is 3.39. The van der Waals surface area contributed by atoms with E-state index < -0.39 is 38.1 Å². The van der Waals surface area contributed by atoms with E-state index in [9.17, 15) is 22.0 Å². The first-order chi connectivity index (χ1) is 14.8. The van der Waals surface area contributed by atoms with E-state index in [0.717, 1.165) is 28.9 Å². The molecule has 3 aromatic rings. The lowest BCUT2D eigenvalue weighted by Crippen LogP contribution is -2.33. The maximum absolute atomic E-state index is 13.6. The number of nitrogens with one attached hydrogen (secondary N) is 1. The van der Waals surface area contributed by atoms with Gasteiger partial charge in [-0.2, -0.15) is 0 Å². The van der Waals surface area contributed by atoms with Crippen molar-refractivity contribution < 1.29 is 26.7 Å². The third-order valence-corrected chi connectivity index (χ3v) is 6.83. The molecule has 0 aliphatic rings. The number of fused-ring (bicyclic) bond motifs is 1. The number of carbonyl (C=O) groups is 1. The molecule has 0 radical (unpaired) electrons. The van der Waals surface area contributed by atoms with Gasteiger partial charge in [-0.3, -0.25) is 0 Å². The monoisotopic (exact) mass is 464 g/mol. The van der Waals surface area contributed by atoms with Crippen LogP contribution in [-0.4, -0.2) is 31.2 Å². The van der Waals surface area contributed by atoms with Crippen LogP contribution in [0.3, 0.4) is 0 Å². The summed E-state index contributed by atoms with van der Waals surface area (Å²) in [6.07, 6.45) is -0.0904. The molecule has 0 bridgehead atoms. The average molecular weight is 465 g/mol. The Kier molecular flexibility index (Phi) is 6.33. The number of alkyl carbamates (subject to hydrolysis) is 1. The molecule has 0 saturated heterocycles. The fourth-order valence-electron chi connectivity index (χ4n) is 3.53. The van der Waals surface area contributed by atoms with Crippen molar-refractivity contribution >= 4 is 26.8 Å². The predicted octanol–water partition coefficient (Wildman–Crippen LogP) is 4.66. The van der Waals surface area contributed by atoms with Gasteiger partial charge in [0, 0.05) is 36.3 Å². The molecule has 9 heteroatoms. The summed E-state index contributed by atoms with van der Waals surface area (Å²) in [4.78, 5) is 11.4. The van der Waals surface area contributed by atoms with Crippen molar-refractivity contribution in [2.75, 3.05) is 6.54 Å². The van der Waals surface area contributed by atoms with Crippen LogP contribution >= 0.6 is 0 Å². The lowest BCUT2D eigenvalue weighted by molar-refractivity contribution is 0.0528. The topological polar surface area (TPSA) is 77.4 Å². The largest absolute Gasteiger partial charge is 0.444 e. The Hall–Kier alpha value is -2.94. The van der Waals surface area contributed by atoms with Gasteiger partial charge in [-0.05, 0) is 70.0 Å². The van der Waals surface area contributed by atoms with Gasteiger partial charge in [0.25, 0.3) is 0 Å². The standard InChI is InChI=1S/C23H26F2N2O4S/c1-14-19(8-9-26-22(28)31-23(2,3)4)20-13-17(6-7-21(20)27(14)5)32(29,30)18-11-15(24)10-16(25)12-18/h6-7,10-13H,8-9H2,1-5H3,(H,26,28). The number of carbonyl (C=O) groups excluding carboxylic acids is 1. The van der Waals surface area contributed by atoms with Crippen molar-refractivity contribution in [2.24, 2.45) is 7.05 Å². The number of ether oxygens (including phenoxy) is 1. The summed E-state index contributed by atoms with van der Waals surface area (Å²) in [5.74, 6) is -1.93. The van der Waals surface area contributed by atoms with Crippen molar-refractivity contribution in [3.05, 3.63) is 59.3 Å². The average Bonchev–Trinajstić information content (AvgIpc) is 2.90. The van der Waals surface area contributed by atoms with E-state index in [2.05, 4.69) is 5.32 Å². The highest BCUT2D eigenvalue weighted by molar-refractivity contribution is 7.91. The zero-order chi connectivity index (χ0) is 23.8. The summed E-state index contributed by atoms with van der Waals surface area (Å²) in [6, 6.07) is 6.80. The lowest BCUT2D eigenvalue weighted by atomic mass is 10.1. The summed E-state index contributed by atoms with van der Waals surface area (Å²) in [7, 11) is -2.27. The Labute approximate surface area is 186 Å². The van der Waals surface area contributed by atoms with Gasteiger partial charge in [-0.25, -0.2) is 22.0 Å². The molecular formula is C23H26F2N2O4S. The lowest BCUT2D eigenvalue weighted by Gasteiger charge is -2.19. The number of hydrogen-bond acceptors (Lipinski definition) is 4. The molecule has 0 aliphatic carbocycles. The van der Waals surface area contributed by atoms with Crippen LogP contribution in [0.15, 0.2) is 46.2 Å². The molecule has 0 aliphatic heterocycles. The SMILES string of the molecule is Cc1c(CCNC(=O)OC(C)(C)C)c2cc(S(=O)(=O)c3cc(F)cc(F)c3)ccc2n1C. The van der Waals surface area contributed by atoms with Crippen LogP contribution in [0, 0.1) is 18.6 Å². The minimum atomic E-state index is -4.13. The third kappa shape index (κ3) is 4.93. The van der Waals surface area contributed by atoms with Gasteiger partial charge >= 0.3 is 6.09 Å². The smallest absolute Gasteiger partial charge is 0.407 e. The molecule has 0 unspecified atom stereocenters. The van der Waals surface area contributed by atoms with Crippen LogP contribution in [0.1, 0.15) is 32.0 Å². The first-order valence-corrected chi connectivity index (χ1v) is 11.5. The van der Waals surface area contributed by atoms with E-state index in [4.69, 9.17) is 4.74 Å². The Bertz CT molecular complexity index is 1270. The van der Waals surface area contributed by atoms with Gasteiger partial charge in [-0.1, -0.05) is 0 Å². The number of aromatic nitrogens is 1. The van der Waals surface area contributed by atoms with Gasteiger partial charge in [0.05, 0.1) is 9.79 Å². The van der Waals surface area contributed by atoms with Gasteiger partial charge in [0.1, 0.15) is 17.2 Å². The second kappa shape index (κ2) is 8.54. The number of sulfone groups is 1. The molecule has 2 aromatic carbocycles. The number of halogens is 2. The van der Waals surface area contributed by atoms with E-state index >= 15 is 0 Å². The molecule has 1 heterocycles. The minimum absolute atomic E-state index is 0.0676. The highest BCUT2D eigenvalue weighted by Crippen LogP contribution is 2.30. The summed E-state index contributed by atoms with van der Waals surface area (Å²) in [5.41, 5.74) is 1.97. The highest BCUT2D eigenvalue weighted by Gasteiger charge is 2.22. The zero-order valence-electron chi connectivity index (χ0n) is 18.6. The molecule has 1 amide bonds. The maximum atomic E-state index is 13.6. The molecule has 3 rings (SSSR count). The maximum Gasteiger partial charge on any atom is 0.407 e. The molecule has 6 nitrogen and oxygen atoms in total. The van der Waals surface area contributed by atoms with Crippen LogP contribution in [0.25, 0.3) is 10.9 Å². The van der Waals surface area contributed by atoms with Crippen molar-refractivity contribution in [2.45, 2.75) is 49.5 Å². The Morgan fingerprint density at radius 1 is 1.06 bits per heavy atom. The normalized spacial score (nSPS) is 12.2. The summed E-state index contributed by atoms with van der Waals surface area (Å²) in [6.45, 7) is 7.51. The number of amides is 1. The van der Waals surface area contributed by atoms with Crippen molar-refractivity contribution in [1.29, 1.82) is 0 Å². The number of aryl methyl sites for hydroxylation is 1. The van der Waals surface area contributed by atoms with Gasteiger partial charge in [0.2, 0.25) is 9.84 Å². The van der Waals surface area contributed by atoms with Gasteiger partial charge < -0.3 is 14.6 Å². The van der Waals surface area contributed by atoms with E-state index in [1.165, 1.54) is 12.1 Å². The van der Waals surface area contributed by atoms with Crippen LogP contribution in [0.2, 0.25) is 0 Å². The molecule has 1 aromatic heterocycles. The van der Waals surface area contributed by atoms with E-state index in [1.807, 2.05) is 18.5 Å². The van der Waals surface area contributed by atoms with Crippen LogP contribution in [0.5, 0.6) is 0 Å². The number of hydrogen-bond donors (Lipinski definition) is 1. The van der Waals surface area contributed by atoms with Crippen molar-refractivity contribution in [3.8, 4) is 0 Å². The van der Waals surface area contributed by atoms with Crippen LogP contribution < -0.4 is 5.32 Å². The van der Waals surface area contributed by atoms with E-state index in [1.54, 1.807) is 26.8 Å². The third-order valence-electron chi connectivity index (χ3n) is 5.09. The molecular weight excluding hydrogens is 438 g/mol. The van der Waals surface area contributed by atoms with Crippen LogP contribution in [-0.2, 0) is 28.0 Å². The Balaban J connectivity index is 1.95. The molecule has 1 N–H and O–H groups in total. The molecule has 0 spiro atoms. The Morgan fingerprint density at radius 2 is 1.69 bits per heavy atom. The number of rotatable bonds is 5. The van der Waals surface area contributed by atoms with Crippen molar-refractivity contribution in [1.82, 2.24) is 9.88 Å². The minimum Gasteiger partial charge on any atom is -0.444 e. The van der Waals surface area contributed by atoms with Gasteiger partial charge in [-0.15, -0.1) is 0 Å². The second-order valence-electron chi connectivity index (χ2n) is 8.59. The fourth-order valence-corrected chi connectivity index (χ4v) is 4.86. The molecule has 0 atom stereocenters. The Morgan fingerprint density at radius 3 is 2.28 bits per heavy atom. The first-order valence-electron chi connectivity index (χ1n) is 10.1. The predicted molar refractivity (Wildman–Crippen MR) is 117 cm³/mol. The quantitative estimate of drug-likeness (QED) is 0.596. The number of benzene rings is 2. The second-order valence-corrected chi connectivity index (χ2v) is 10.5. The molecule has 32 heavy (non-hydrogen) atoms. The van der Waals surface area contributed by atoms with Gasteiger partial charge in [0.15, 0.2) is 0 Å². The molecule has 172 valence electrons. The zero-order valence-corrected chi connectivity index (χ0v) is 19.4. The van der Waals surface area contributed by atoms with Crippen LogP contribution in [0.4, 0.5) is 13.6 Å². The van der Waals surface area contributed by atoms with E-state index in [0.29, 0.717) is 24.4 Å². The first kappa shape index (κ1) is 23.7.